The zero-order chi connectivity index (χ0) is 17.9. The van der Waals surface area contributed by atoms with E-state index in [4.69, 9.17) is 0 Å². The average Bonchev–Trinajstić information content (AvgIpc) is 3.10. The van der Waals surface area contributed by atoms with Crippen molar-refractivity contribution in [2.45, 2.75) is 38.6 Å². The summed E-state index contributed by atoms with van der Waals surface area (Å²) in [6.45, 7) is 1.84. The summed E-state index contributed by atoms with van der Waals surface area (Å²) < 4.78 is 25.1. The summed E-state index contributed by atoms with van der Waals surface area (Å²) in [6, 6.07) is 11.7. The van der Waals surface area contributed by atoms with Gasteiger partial charge in [0.15, 0.2) is 9.84 Å². The van der Waals surface area contributed by atoms with Crippen molar-refractivity contribution in [3.8, 4) is 0 Å². The number of nitrogens with one attached hydrogen (secondary N) is 1. The molecule has 2 aromatic rings. The van der Waals surface area contributed by atoms with Crippen LogP contribution in [-0.4, -0.2) is 35.6 Å². The number of aromatic nitrogens is 2. The molecule has 0 bridgehead atoms. The second kappa shape index (κ2) is 7.39. The summed E-state index contributed by atoms with van der Waals surface area (Å²) in [5, 5.41) is 7.27. The van der Waals surface area contributed by atoms with E-state index in [2.05, 4.69) is 22.5 Å². The van der Waals surface area contributed by atoms with Gasteiger partial charge in [0.1, 0.15) is 5.82 Å². The van der Waals surface area contributed by atoms with Gasteiger partial charge >= 0.3 is 0 Å². The summed E-state index contributed by atoms with van der Waals surface area (Å²) in [7, 11) is -3.00. The molecule has 0 unspecified atom stereocenters. The highest BCUT2D eigenvalue weighted by molar-refractivity contribution is 7.91. The fourth-order valence-corrected chi connectivity index (χ4v) is 4.85. The quantitative estimate of drug-likeness (QED) is 0.857. The van der Waals surface area contributed by atoms with Crippen LogP contribution in [0.4, 0.5) is 5.82 Å². The van der Waals surface area contributed by atoms with E-state index >= 15 is 0 Å². The molecule has 0 saturated carbocycles. The molecule has 25 heavy (non-hydrogen) atoms. The standard InChI is InChI=1S/C18H23N3O3S/c1-14-12-17(21(20-14)16-10-11-25(23,24)13-16)19-18(22)9-5-8-15-6-3-2-4-7-15/h2-4,6-7,12,16H,5,8-11,13H2,1H3,(H,19,22)/t16-/m1/s1. The van der Waals surface area contributed by atoms with Crippen LogP contribution in [0.2, 0.25) is 0 Å². The lowest BCUT2D eigenvalue weighted by atomic mass is 10.1. The van der Waals surface area contributed by atoms with Crippen molar-refractivity contribution < 1.29 is 13.2 Å². The Morgan fingerprint density at radius 3 is 2.76 bits per heavy atom. The molecule has 1 saturated heterocycles. The number of sulfone groups is 1. The smallest absolute Gasteiger partial charge is 0.225 e. The number of carbonyl (C=O) groups is 1. The first-order valence-corrected chi connectivity index (χ1v) is 10.4. The predicted molar refractivity (Wildman–Crippen MR) is 97.3 cm³/mol. The Bertz CT molecular complexity index is 844. The van der Waals surface area contributed by atoms with Gasteiger partial charge in [-0.2, -0.15) is 5.10 Å². The van der Waals surface area contributed by atoms with Crippen LogP contribution in [0.1, 0.15) is 36.6 Å². The number of nitrogens with zero attached hydrogens (tertiary/aromatic N) is 2. The molecule has 1 aliphatic heterocycles. The normalized spacial score (nSPS) is 19.0. The topological polar surface area (TPSA) is 81.1 Å². The third-order valence-electron chi connectivity index (χ3n) is 4.39. The van der Waals surface area contributed by atoms with Crippen molar-refractivity contribution in [1.29, 1.82) is 0 Å². The van der Waals surface area contributed by atoms with Gasteiger partial charge in [0.2, 0.25) is 5.91 Å². The monoisotopic (exact) mass is 361 g/mol. The van der Waals surface area contributed by atoms with Gasteiger partial charge in [-0.15, -0.1) is 0 Å². The van der Waals surface area contributed by atoms with Crippen molar-refractivity contribution in [2.24, 2.45) is 0 Å². The molecule has 7 heteroatoms. The molecule has 1 aliphatic rings. The van der Waals surface area contributed by atoms with Crippen LogP contribution in [0.25, 0.3) is 0 Å². The second-order valence-electron chi connectivity index (χ2n) is 6.56. The maximum absolute atomic E-state index is 12.2. The van der Waals surface area contributed by atoms with Gasteiger partial charge in [-0.3, -0.25) is 4.79 Å². The maximum Gasteiger partial charge on any atom is 0.225 e. The van der Waals surface area contributed by atoms with Crippen LogP contribution >= 0.6 is 0 Å². The number of aryl methyl sites for hydroxylation is 2. The lowest BCUT2D eigenvalue weighted by Gasteiger charge is -2.13. The highest BCUT2D eigenvalue weighted by Gasteiger charge is 2.31. The van der Waals surface area contributed by atoms with E-state index in [0.717, 1.165) is 18.5 Å². The summed E-state index contributed by atoms with van der Waals surface area (Å²) in [4.78, 5) is 12.2. The summed E-state index contributed by atoms with van der Waals surface area (Å²) in [5.41, 5.74) is 1.98. The van der Waals surface area contributed by atoms with E-state index in [0.29, 0.717) is 18.7 Å². The number of carbonyl (C=O) groups excluding carboxylic acids is 1. The van der Waals surface area contributed by atoms with Crippen LogP contribution < -0.4 is 5.32 Å². The van der Waals surface area contributed by atoms with Crippen molar-refractivity contribution in [3.63, 3.8) is 0 Å². The molecule has 134 valence electrons. The fourth-order valence-electron chi connectivity index (χ4n) is 3.16. The van der Waals surface area contributed by atoms with Crippen LogP contribution in [0.15, 0.2) is 36.4 Å². The molecule has 1 aromatic heterocycles. The SMILES string of the molecule is Cc1cc(NC(=O)CCCc2ccccc2)n([C@@H]2CCS(=O)(=O)C2)n1. The van der Waals surface area contributed by atoms with E-state index < -0.39 is 9.84 Å². The van der Waals surface area contributed by atoms with E-state index in [1.165, 1.54) is 5.56 Å². The summed E-state index contributed by atoms with van der Waals surface area (Å²) in [6.07, 6.45) is 2.58. The Morgan fingerprint density at radius 2 is 2.08 bits per heavy atom. The van der Waals surface area contributed by atoms with E-state index in [1.54, 1.807) is 10.7 Å². The number of hydrogen-bond donors (Lipinski definition) is 1. The molecular formula is C18H23N3O3S. The summed E-state index contributed by atoms with van der Waals surface area (Å²) in [5.74, 6) is 0.786. The van der Waals surface area contributed by atoms with Gasteiger partial charge in [-0.25, -0.2) is 13.1 Å². The molecule has 2 heterocycles. The Kier molecular flexibility index (Phi) is 5.22. The first kappa shape index (κ1) is 17.7. The molecule has 0 radical (unpaired) electrons. The number of anilines is 1. The minimum Gasteiger partial charge on any atom is -0.311 e. The zero-order valence-corrected chi connectivity index (χ0v) is 15.1. The molecule has 1 fully saturated rings. The molecule has 6 nitrogen and oxygen atoms in total. The van der Waals surface area contributed by atoms with E-state index in [-0.39, 0.29) is 23.5 Å². The van der Waals surface area contributed by atoms with Gasteiger partial charge in [0.05, 0.1) is 23.2 Å². The highest BCUT2D eigenvalue weighted by Crippen LogP contribution is 2.27. The molecule has 1 aromatic carbocycles. The first-order valence-electron chi connectivity index (χ1n) is 8.53. The maximum atomic E-state index is 12.2. The molecule has 0 aliphatic carbocycles. The molecule has 1 amide bonds. The largest absolute Gasteiger partial charge is 0.311 e. The van der Waals surface area contributed by atoms with E-state index in [1.807, 2.05) is 25.1 Å². The average molecular weight is 361 g/mol. The van der Waals surface area contributed by atoms with Crippen LogP contribution in [0, 0.1) is 6.92 Å². The van der Waals surface area contributed by atoms with Crippen LogP contribution in [0.5, 0.6) is 0 Å². The first-order chi connectivity index (χ1) is 11.9. The number of amides is 1. The predicted octanol–water partition coefficient (Wildman–Crippen LogP) is 2.51. The van der Waals surface area contributed by atoms with Crippen LogP contribution in [-0.2, 0) is 21.1 Å². The van der Waals surface area contributed by atoms with Crippen molar-refractivity contribution in [1.82, 2.24) is 9.78 Å². The van der Waals surface area contributed by atoms with E-state index in [9.17, 15) is 13.2 Å². The zero-order valence-electron chi connectivity index (χ0n) is 14.3. The molecule has 1 atom stereocenters. The van der Waals surface area contributed by atoms with Crippen molar-refractivity contribution >= 4 is 21.6 Å². The Morgan fingerprint density at radius 1 is 1.32 bits per heavy atom. The number of benzene rings is 1. The Labute approximate surface area is 148 Å². The third-order valence-corrected chi connectivity index (χ3v) is 6.14. The lowest BCUT2D eigenvalue weighted by molar-refractivity contribution is -0.116. The fraction of sp³-hybridized carbons (Fsp3) is 0.444. The third kappa shape index (κ3) is 4.69. The number of rotatable bonds is 6. The van der Waals surface area contributed by atoms with Gasteiger partial charge in [-0.1, -0.05) is 30.3 Å². The Balaban J connectivity index is 1.58. The highest BCUT2D eigenvalue weighted by atomic mass is 32.2. The number of hydrogen-bond acceptors (Lipinski definition) is 4. The second-order valence-corrected chi connectivity index (χ2v) is 8.79. The minimum absolute atomic E-state index is 0.0714. The Hall–Kier alpha value is -2.15. The molecule has 3 rings (SSSR count). The van der Waals surface area contributed by atoms with Crippen LogP contribution in [0.3, 0.4) is 0 Å². The van der Waals surface area contributed by atoms with Crippen molar-refractivity contribution in [2.75, 3.05) is 16.8 Å². The molecule has 1 N–H and O–H groups in total. The van der Waals surface area contributed by atoms with Gasteiger partial charge in [0, 0.05) is 12.5 Å². The molecular weight excluding hydrogens is 338 g/mol. The van der Waals surface area contributed by atoms with Gasteiger partial charge in [-0.05, 0) is 31.7 Å². The van der Waals surface area contributed by atoms with Gasteiger partial charge in [0.25, 0.3) is 0 Å². The minimum atomic E-state index is -3.00. The summed E-state index contributed by atoms with van der Waals surface area (Å²) >= 11 is 0. The molecule has 0 spiro atoms. The lowest BCUT2D eigenvalue weighted by Crippen LogP contribution is -2.19. The van der Waals surface area contributed by atoms with Crippen molar-refractivity contribution in [3.05, 3.63) is 47.7 Å². The van der Waals surface area contributed by atoms with Gasteiger partial charge < -0.3 is 5.32 Å².